The van der Waals surface area contributed by atoms with Crippen molar-refractivity contribution in [2.24, 2.45) is 0 Å². The second kappa shape index (κ2) is 7.72. The fourth-order valence-electron chi connectivity index (χ4n) is 2.15. The zero-order valence-electron chi connectivity index (χ0n) is 13.0. The molecular formula is C18H14ClFN4O. The van der Waals surface area contributed by atoms with Crippen LogP contribution >= 0.6 is 11.6 Å². The maximum atomic E-state index is 13.2. The van der Waals surface area contributed by atoms with Gasteiger partial charge >= 0.3 is 0 Å². The quantitative estimate of drug-likeness (QED) is 0.726. The van der Waals surface area contributed by atoms with Gasteiger partial charge in [-0.05, 0) is 48.0 Å². The number of pyridine rings is 2. The molecule has 0 aliphatic rings. The first-order valence-corrected chi connectivity index (χ1v) is 7.85. The highest BCUT2D eigenvalue weighted by atomic mass is 35.5. The number of carbonyl (C=O) groups excluding carboxylic acids is 1. The van der Waals surface area contributed by atoms with Crippen molar-refractivity contribution in [1.82, 2.24) is 15.3 Å². The number of anilines is 2. The van der Waals surface area contributed by atoms with Crippen LogP contribution in [0.2, 0.25) is 5.02 Å². The zero-order chi connectivity index (χ0) is 17.6. The number of amides is 1. The topological polar surface area (TPSA) is 66.9 Å². The summed E-state index contributed by atoms with van der Waals surface area (Å²) < 4.78 is 13.2. The Bertz CT molecular complexity index is 889. The Hall–Kier alpha value is -2.99. The zero-order valence-corrected chi connectivity index (χ0v) is 13.8. The molecule has 0 aliphatic carbocycles. The van der Waals surface area contributed by atoms with Crippen molar-refractivity contribution in [3.8, 4) is 0 Å². The fraction of sp³-hybridized carbons (Fsp3) is 0.0556. The van der Waals surface area contributed by atoms with E-state index >= 15 is 0 Å². The van der Waals surface area contributed by atoms with Gasteiger partial charge in [-0.2, -0.15) is 0 Å². The Labute approximate surface area is 148 Å². The van der Waals surface area contributed by atoms with Gasteiger partial charge in [0.15, 0.2) is 0 Å². The van der Waals surface area contributed by atoms with Gasteiger partial charge in [0.05, 0.1) is 5.02 Å². The molecule has 0 spiro atoms. The first-order valence-electron chi connectivity index (χ1n) is 7.47. The van der Waals surface area contributed by atoms with E-state index in [9.17, 15) is 9.18 Å². The lowest BCUT2D eigenvalue weighted by Crippen LogP contribution is -2.22. The molecule has 0 radical (unpaired) electrons. The number of hydrogen-bond acceptors (Lipinski definition) is 4. The average molecular weight is 357 g/mol. The van der Waals surface area contributed by atoms with E-state index < -0.39 is 5.82 Å². The highest BCUT2D eigenvalue weighted by Gasteiger charge is 2.08. The predicted octanol–water partition coefficient (Wildman–Crippen LogP) is 3.94. The summed E-state index contributed by atoms with van der Waals surface area (Å²) in [5, 5.41) is 5.83. The Morgan fingerprint density at radius 3 is 2.64 bits per heavy atom. The third-order valence-corrected chi connectivity index (χ3v) is 3.71. The SMILES string of the molecule is O=C(NCc1ccncc1)c1ccnc(Nc2ccc(F)c(Cl)c2)c1. The summed E-state index contributed by atoms with van der Waals surface area (Å²) in [4.78, 5) is 20.4. The maximum Gasteiger partial charge on any atom is 0.251 e. The van der Waals surface area contributed by atoms with Crippen LogP contribution in [0, 0.1) is 5.82 Å². The summed E-state index contributed by atoms with van der Waals surface area (Å²) in [5.41, 5.74) is 1.99. The van der Waals surface area contributed by atoms with E-state index in [0.29, 0.717) is 23.6 Å². The van der Waals surface area contributed by atoms with Gasteiger partial charge in [-0.25, -0.2) is 9.37 Å². The van der Waals surface area contributed by atoms with E-state index in [2.05, 4.69) is 20.6 Å². The highest BCUT2D eigenvalue weighted by molar-refractivity contribution is 6.31. The summed E-state index contributed by atoms with van der Waals surface area (Å²) in [7, 11) is 0. The minimum atomic E-state index is -0.496. The number of benzene rings is 1. The van der Waals surface area contributed by atoms with Gasteiger partial charge in [-0.15, -0.1) is 0 Å². The van der Waals surface area contributed by atoms with Crippen LogP contribution in [-0.2, 0) is 6.54 Å². The second-order valence-electron chi connectivity index (χ2n) is 5.22. The third-order valence-electron chi connectivity index (χ3n) is 3.42. The summed E-state index contributed by atoms with van der Waals surface area (Å²) >= 11 is 5.76. The summed E-state index contributed by atoms with van der Waals surface area (Å²) in [6.45, 7) is 0.403. The molecular weight excluding hydrogens is 343 g/mol. The van der Waals surface area contributed by atoms with Crippen LogP contribution in [0.3, 0.4) is 0 Å². The van der Waals surface area contributed by atoms with Crippen molar-refractivity contribution in [1.29, 1.82) is 0 Å². The number of halogens is 2. The molecule has 25 heavy (non-hydrogen) atoms. The van der Waals surface area contributed by atoms with Crippen LogP contribution in [0.15, 0.2) is 61.1 Å². The number of aromatic nitrogens is 2. The van der Waals surface area contributed by atoms with Crippen molar-refractivity contribution in [2.45, 2.75) is 6.54 Å². The number of hydrogen-bond donors (Lipinski definition) is 2. The largest absolute Gasteiger partial charge is 0.348 e. The van der Waals surface area contributed by atoms with E-state index in [1.165, 1.54) is 18.3 Å². The van der Waals surface area contributed by atoms with Gasteiger partial charge < -0.3 is 10.6 Å². The smallest absolute Gasteiger partial charge is 0.251 e. The Morgan fingerprint density at radius 2 is 1.88 bits per heavy atom. The van der Waals surface area contributed by atoms with Gasteiger partial charge in [0.1, 0.15) is 11.6 Å². The molecule has 3 rings (SSSR count). The Balaban J connectivity index is 1.68. The normalized spacial score (nSPS) is 10.3. The van der Waals surface area contributed by atoms with Crippen LogP contribution in [0.4, 0.5) is 15.9 Å². The Morgan fingerprint density at radius 1 is 1.08 bits per heavy atom. The first kappa shape index (κ1) is 16.9. The van der Waals surface area contributed by atoms with Gasteiger partial charge in [0, 0.05) is 36.4 Å². The van der Waals surface area contributed by atoms with Gasteiger partial charge in [0.2, 0.25) is 0 Å². The van der Waals surface area contributed by atoms with Gasteiger partial charge in [0.25, 0.3) is 5.91 Å². The van der Waals surface area contributed by atoms with E-state index in [-0.39, 0.29) is 10.9 Å². The fourth-order valence-corrected chi connectivity index (χ4v) is 2.33. The molecule has 0 unspecified atom stereocenters. The molecule has 0 fully saturated rings. The molecule has 2 heterocycles. The van der Waals surface area contributed by atoms with Crippen LogP contribution in [0.25, 0.3) is 0 Å². The second-order valence-corrected chi connectivity index (χ2v) is 5.63. The van der Waals surface area contributed by atoms with E-state index in [0.717, 1.165) is 5.56 Å². The molecule has 5 nitrogen and oxygen atoms in total. The molecule has 0 atom stereocenters. The minimum absolute atomic E-state index is 0.0104. The van der Waals surface area contributed by atoms with Crippen LogP contribution in [0.5, 0.6) is 0 Å². The predicted molar refractivity (Wildman–Crippen MR) is 94.3 cm³/mol. The van der Waals surface area contributed by atoms with Crippen molar-refractivity contribution in [2.75, 3.05) is 5.32 Å². The third kappa shape index (κ3) is 4.51. The molecule has 0 bridgehead atoms. The van der Waals surface area contributed by atoms with Crippen molar-refractivity contribution in [3.05, 3.63) is 83.0 Å². The molecule has 126 valence electrons. The molecule has 3 aromatic rings. The van der Waals surface area contributed by atoms with Crippen LogP contribution in [-0.4, -0.2) is 15.9 Å². The summed E-state index contributed by atoms with van der Waals surface area (Å²) in [5.74, 6) is -0.261. The van der Waals surface area contributed by atoms with E-state index in [1.807, 2.05) is 12.1 Å². The lowest BCUT2D eigenvalue weighted by Gasteiger charge is -2.09. The molecule has 0 aliphatic heterocycles. The standard InChI is InChI=1S/C18H14ClFN4O/c19-15-10-14(1-2-16(15)20)24-17-9-13(5-8-22-17)18(25)23-11-12-3-6-21-7-4-12/h1-10H,11H2,(H,22,24)(H,23,25). The number of rotatable bonds is 5. The van der Waals surface area contributed by atoms with E-state index in [1.54, 1.807) is 30.6 Å². The van der Waals surface area contributed by atoms with Gasteiger partial charge in [-0.3, -0.25) is 9.78 Å². The summed E-state index contributed by atoms with van der Waals surface area (Å²) in [6, 6.07) is 11.1. The molecule has 1 aromatic carbocycles. The van der Waals surface area contributed by atoms with Crippen LogP contribution < -0.4 is 10.6 Å². The number of nitrogens with one attached hydrogen (secondary N) is 2. The number of carbonyl (C=O) groups is 1. The molecule has 0 saturated heterocycles. The highest BCUT2D eigenvalue weighted by Crippen LogP contribution is 2.22. The monoisotopic (exact) mass is 356 g/mol. The van der Waals surface area contributed by atoms with Crippen molar-refractivity contribution < 1.29 is 9.18 Å². The maximum absolute atomic E-state index is 13.2. The number of nitrogens with zero attached hydrogens (tertiary/aromatic N) is 2. The lowest BCUT2D eigenvalue weighted by atomic mass is 10.2. The minimum Gasteiger partial charge on any atom is -0.348 e. The van der Waals surface area contributed by atoms with Gasteiger partial charge in [-0.1, -0.05) is 11.6 Å². The first-order chi connectivity index (χ1) is 12.1. The summed E-state index contributed by atoms with van der Waals surface area (Å²) in [6.07, 6.45) is 4.86. The molecule has 2 aromatic heterocycles. The average Bonchev–Trinajstić information content (AvgIpc) is 2.64. The van der Waals surface area contributed by atoms with Crippen LogP contribution in [0.1, 0.15) is 15.9 Å². The molecule has 2 N–H and O–H groups in total. The van der Waals surface area contributed by atoms with Crippen molar-refractivity contribution in [3.63, 3.8) is 0 Å². The Kier molecular flexibility index (Phi) is 5.20. The molecule has 7 heteroatoms. The lowest BCUT2D eigenvalue weighted by molar-refractivity contribution is 0.0951. The van der Waals surface area contributed by atoms with Crippen molar-refractivity contribution >= 4 is 29.0 Å². The molecule has 0 saturated carbocycles. The molecule has 1 amide bonds. The van der Waals surface area contributed by atoms with E-state index in [4.69, 9.17) is 11.6 Å².